The molecule has 1 atom stereocenters. The fourth-order valence-electron chi connectivity index (χ4n) is 1.72. The minimum Gasteiger partial charge on any atom is -0.484 e. The van der Waals surface area contributed by atoms with Gasteiger partial charge in [-0.2, -0.15) is 0 Å². The van der Waals surface area contributed by atoms with Crippen molar-refractivity contribution >= 4 is 11.3 Å². The molecule has 108 valence electrons. The van der Waals surface area contributed by atoms with Gasteiger partial charge in [-0.3, -0.25) is 0 Å². The Balaban J connectivity index is 2.03. The Morgan fingerprint density at radius 1 is 1.35 bits per heavy atom. The summed E-state index contributed by atoms with van der Waals surface area (Å²) in [6.45, 7) is 6.28. The third-order valence-electron chi connectivity index (χ3n) is 2.92. The number of ether oxygens (including phenoxy) is 1. The van der Waals surface area contributed by atoms with Crippen LogP contribution in [0.25, 0.3) is 0 Å². The summed E-state index contributed by atoms with van der Waals surface area (Å²) in [7, 11) is 0. The van der Waals surface area contributed by atoms with E-state index >= 15 is 0 Å². The van der Waals surface area contributed by atoms with Gasteiger partial charge in [0.2, 0.25) is 0 Å². The maximum absolute atomic E-state index is 13.8. The van der Waals surface area contributed by atoms with Crippen LogP contribution < -0.4 is 10.5 Å². The molecular formula is C15H19FN2OS. The zero-order valence-corrected chi connectivity index (χ0v) is 12.7. The average molecular weight is 294 g/mol. The van der Waals surface area contributed by atoms with Crippen LogP contribution in [-0.2, 0) is 6.61 Å². The van der Waals surface area contributed by atoms with Crippen LogP contribution in [0.2, 0.25) is 0 Å². The highest BCUT2D eigenvalue weighted by atomic mass is 32.1. The second kappa shape index (κ2) is 6.33. The predicted molar refractivity (Wildman–Crippen MR) is 79.5 cm³/mol. The summed E-state index contributed by atoms with van der Waals surface area (Å²) < 4.78 is 19.3. The van der Waals surface area contributed by atoms with Gasteiger partial charge in [0, 0.05) is 17.3 Å². The molecule has 0 aliphatic heterocycles. The molecule has 2 aromatic rings. The highest BCUT2D eigenvalue weighted by molar-refractivity contribution is 7.09. The Morgan fingerprint density at radius 2 is 2.10 bits per heavy atom. The molecule has 0 amide bonds. The first-order chi connectivity index (χ1) is 9.47. The molecule has 1 heterocycles. The van der Waals surface area contributed by atoms with Crippen LogP contribution in [-0.4, -0.2) is 4.98 Å². The van der Waals surface area contributed by atoms with E-state index in [1.807, 2.05) is 12.3 Å². The summed E-state index contributed by atoms with van der Waals surface area (Å²) in [4.78, 5) is 4.45. The van der Waals surface area contributed by atoms with Crippen molar-refractivity contribution < 1.29 is 9.13 Å². The third-order valence-corrected chi connectivity index (χ3v) is 4.11. The lowest BCUT2D eigenvalue weighted by Crippen LogP contribution is -2.06. The number of halogens is 1. The van der Waals surface area contributed by atoms with Crippen molar-refractivity contribution in [3.05, 3.63) is 45.7 Å². The van der Waals surface area contributed by atoms with E-state index in [4.69, 9.17) is 10.5 Å². The minimum absolute atomic E-state index is 0.189. The maximum atomic E-state index is 13.8. The number of benzene rings is 1. The number of hydrogen-bond acceptors (Lipinski definition) is 4. The van der Waals surface area contributed by atoms with Crippen LogP contribution in [0.1, 0.15) is 49.0 Å². The van der Waals surface area contributed by atoms with Crippen LogP contribution >= 0.6 is 11.3 Å². The van der Waals surface area contributed by atoms with Crippen molar-refractivity contribution in [3.8, 4) is 5.75 Å². The van der Waals surface area contributed by atoms with Gasteiger partial charge in [0.15, 0.2) is 11.6 Å². The lowest BCUT2D eigenvalue weighted by atomic mass is 10.1. The first-order valence-electron chi connectivity index (χ1n) is 6.59. The SMILES string of the molecule is CC(C)c1nc(COc2ccc(C(C)N)cc2F)cs1. The van der Waals surface area contributed by atoms with E-state index in [9.17, 15) is 4.39 Å². The lowest BCUT2D eigenvalue weighted by molar-refractivity contribution is 0.286. The van der Waals surface area contributed by atoms with Crippen LogP contribution in [0.5, 0.6) is 5.75 Å². The van der Waals surface area contributed by atoms with Gasteiger partial charge in [-0.05, 0) is 24.6 Å². The van der Waals surface area contributed by atoms with Crippen LogP contribution in [0.15, 0.2) is 23.6 Å². The van der Waals surface area contributed by atoms with Gasteiger partial charge in [0.1, 0.15) is 6.61 Å². The molecule has 20 heavy (non-hydrogen) atoms. The van der Waals surface area contributed by atoms with Gasteiger partial charge in [-0.15, -0.1) is 11.3 Å². The number of aromatic nitrogens is 1. The quantitative estimate of drug-likeness (QED) is 0.906. The first-order valence-corrected chi connectivity index (χ1v) is 7.47. The van der Waals surface area contributed by atoms with Crippen LogP contribution in [0.4, 0.5) is 4.39 Å². The number of nitrogens with zero attached hydrogens (tertiary/aromatic N) is 1. The van der Waals surface area contributed by atoms with Gasteiger partial charge in [0.05, 0.1) is 10.7 Å². The largest absolute Gasteiger partial charge is 0.484 e. The number of nitrogens with two attached hydrogens (primary N) is 1. The van der Waals surface area contributed by atoms with Gasteiger partial charge in [-0.1, -0.05) is 19.9 Å². The van der Waals surface area contributed by atoms with Gasteiger partial charge >= 0.3 is 0 Å². The van der Waals surface area contributed by atoms with Crippen molar-refractivity contribution in [3.63, 3.8) is 0 Å². The Hall–Kier alpha value is -1.46. The molecule has 1 aromatic carbocycles. The lowest BCUT2D eigenvalue weighted by Gasteiger charge is -2.09. The third kappa shape index (κ3) is 3.55. The van der Waals surface area contributed by atoms with Crippen molar-refractivity contribution in [1.29, 1.82) is 0 Å². The summed E-state index contributed by atoms with van der Waals surface area (Å²) in [6, 6.07) is 4.62. The molecule has 0 saturated carbocycles. The van der Waals surface area contributed by atoms with E-state index in [0.29, 0.717) is 5.92 Å². The maximum Gasteiger partial charge on any atom is 0.165 e. The zero-order valence-electron chi connectivity index (χ0n) is 11.9. The topological polar surface area (TPSA) is 48.1 Å². The second-order valence-corrected chi connectivity index (χ2v) is 5.99. The fourth-order valence-corrected chi connectivity index (χ4v) is 2.54. The minimum atomic E-state index is -0.390. The monoisotopic (exact) mass is 294 g/mol. The molecule has 0 aliphatic carbocycles. The summed E-state index contributed by atoms with van der Waals surface area (Å²) in [6.07, 6.45) is 0. The molecule has 1 unspecified atom stereocenters. The highest BCUT2D eigenvalue weighted by Gasteiger charge is 2.10. The number of thiazole rings is 1. The standard InChI is InChI=1S/C15H19FN2OS/c1-9(2)15-18-12(8-20-15)7-19-14-5-4-11(10(3)17)6-13(14)16/h4-6,8-10H,7,17H2,1-3H3. The van der Waals surface area contributed by atoms with E-state index in [-0.39, 0.29) is 24.2 Å². The summed E-state index contributed by atoms with van der Waals surface area (Å²) in [5.41, 5.74) is 7.30. The van der Waals surface area contributed by atoms with Crippen LogP contribution in [0.3, 0.4) is 0 Å². The molecule has 0 spiro atoms. The van der Waals surface area contributed by atoms with Gasteiger partial charge in [-0.25, -0.2) is 9.37 Å². The van der Waals surface area contributed by atoms with Crippen LogP contribution in [0, 0.1) is 5.82 Å². The van der Waals surface area contributed by atoms with Gasteiger partial charge in [0.25, 0.3) is 0 Å². The van der Waals surface area contributed by atoms with E-state index < -0.39 is 0 Å². The molecule has 0 saturated heterocycles. The van der Waals surface area contributed by atoms with E-state index in [1.54, 1.807) is 23.5 Å². The Kier molecular flexibility index (Phi) is 4.73. The fraction of sp³-hybridized carbons (Fsp3) is 0.400. The molecule has 2 N–H and O–H groups in total. The van der Waals surface area contributed by atoms with Crippen molar-refractivity contribution in [2.45, 2.75) is 39.3 Å². The summed E-state index contributed by atoms with van der Waals surface area (Å²) in [5, 5.41) is 3.01. The van der Waals surface area contributed by atoms with E-state index in [2.05, 4.69) is 18.8 Å². The molecule has 0 fully saturated rings. The molecule has 5 heteroatoms. The Bertz CT molecular complexity index is 581. The normalized spacial score (nSPS) is 12.7. The van der Waals surface area contributed by atoms with Gasteiger partial charge < -0.3 is 10.5 Å². The summed E-state index contributed by atoms with van der Waals surface area (Å²) >= 11 is 1.60. The van der Waals surface area contributed by atoms with E-state index in [1.165, 1.54) is 6.07 Å². The smallest absolute Gasteiger partial charge is 0.165 e. The predicted octanol–water partition coefficient (Wildman–Crippen LogP) is 4.00. The highest BCUT2D eigenvalue weighted by Crippen LogP contribution is 2.23. The Labute approximate surface area is 122 Å². The van der Waals surface area contributed by atoms with E-state index in [0.717, 1.165) is 16.3 Å². The molecule has 0 bridgehead atoms. The molecular weight excluding hydrogens is 275 g/mol. The first kappa shape index (κ1) is 14.9. The zero-order chi connectivity index (χ0) is 14.7. The average Bonchev–Trinajstić information content (AvgIpc) is 2.86. The number of hydrogen-bond donors (Lipinski definition) is 1. The van der Waals surface area contributed by atoms with Crippen molar-refractivity contribution in [2.24, 2.45) is 5.73 Å². The molecule has 0 radical (unpaired) electrons. The molecule has 0 aliphatic rings. The summed E-state index contributed by atoms with van der Waals surface area (Å²) in [5.74, 6) is 0.239. The second-order valence-electron chi connectivity index (χ2n) is 5.10. The van der Waals surface area contributed by atoms with Crippen molar-refractivity contribution in [2.75, 3.05) is 0 Å². The molecule has 1 aromatic heterocycles. The van der Waals surface area contributed by atoms with Crippen molar-refractivity contribution in [1.82, 2.24) is 4.98 Å². The number of rotatable bonds is 5. The molecule has 2 rings (SSSR count). The Morgan fingerprint density at radius 3 is 2.65 bits per heavy atom. The molecule has 3 nitrogen and oxygen atoms in total.